The minimum absolute atomic E-state index is 0.748. The van der Waals surface area contributed by atoms with E-state index in [1.54, 1.807) is 0 Å². The van der Waals surface area contributed by atoms with Gasteiger partial charge in [0.2, 0.25) is 0 Å². The van der Waals surface area contributed by atoms with Crippen molar-refractivity contribution in [2.24, 2.45) is 5.50 Å². The van der Waals surface area contributed by atoms with Crippen LogP contribution in [-0.4, -0.2) is 6.16 Å². The van der Waals surface area contributed by atoms with Gasteiger partial charge >= 0.3 is 0 Å². The molecule has 2 N–H and O–H groups in total. The molecule has 0 aliphatic carbocycles. The summed E-state index contributed by atoms with van der Waals surface area (Å²) >= 11 is 0. The van der Waals surface area contributed by atoms with Crippen LogP contribution in [0.5, 0.6) is 0 Å². The Morgan fingerprint density at radius 1 is 1.00 bits per heavy atom. The zero-order valence-electron chi connectivity index (χ0n) is 8.14. The molecule has 0 saturated carbocycles. The molecule has 0 aliphatic rings. The summed E-state index contributed by atoms with van der Waals surface area (Å²) < 4.78 is 10.5. The summed E-state index contributed by atoms with van der Waals surface area (Å²) in [5.74, 6) is 0. The Labute approximate surface area is 76.8 Å². The summed E-state index contributed by atoms with van der Waals surface area (Å²) in [6, 6.07) is 0. The molecule has 0 bridgehead atoms. The van der Waals surface area contributed by atoms with Crippen LogP contribution in [0.25, 0.3) is 0 Å². The highest BCUT2D eigenvalue weighted by atomic mass is 31.1. The Balaban J connectivity index is 2.86. The fourth-order valence-corrected chi connectivity index (χ4v) is 1.85. The molecule has 12 heavy (non-hydrogen) atoms. The zero-order valence-corrected chi connectivity index (χ0v) is 9.14. The van der Waals surface area contributed by atoms with Crippen molar-refractivity contribution in [2.45, 2.75) is 51.9 Å². The molecule has 0 heterocycles. The van der Waals surface area contributed by atoms with Gasteiger partial charge in [0.1, 0.15) is 7.95 Å². The topological polar surface area (TPSA) is 43.1 Å². The van der Waals surface area contributed by atoms with Crippen LogP contribution in [-0.2, 0) is 4.57 Å². The number of hydrogen-bond acceptors (Lipinski definition) is 1. The average molecular weight is 191 g/mol. The van der Waals surface area contributed by atoms with Crippen molar-refractivity contribution in [2.75, 3.05) is 6.16 Å². The summed E-state index contributed by atoms with van der Waals surface area (Å²) in [5, 5.41) is 0. The van der Waals surface area contributed by atoms with Crippen molar-refractivity contribution in [3.8, 4) is 0 Å². The molecule has 0 aromatic carbocycles. The van der Waals surface area contributed by atoms with Crippen molar-refractivity contribution in [1.82, 2.24) is 0 Å². The van der Waals surface area contributed by atoms with Gasteiger partial charge in [-0.1, -0.05) is 45.4 Å². The molecular formula is C9H22NOP. The number of nitrogens with two attached hydrogens (primary N) is 1. The molecule has 0 aliphatic heterocycles. The lowest BCUT2D eigenvalue weighted by molar-refractivity contribution is 0.578. The van der Waals surface area contributed by atoms with Crippen molar-refractivity contribution in [3.63, 3.8) is 0 Å². The normalized spacial score (nSPS) is 13.2. The third-order valence-electron chi connectivity index (χ3n) is 2.03. The highest BCUT2D eigenvalue weighted by Gasteiger charge is 1.92. The van der Waals surface area contributed by atoms with Gasteiger partial charge in [-0.25, -0.2) is 0 Å². The molecule has 0 rings (SSSR count). The van der Waals surface area contributed by atoms with Crippen LogP contribution >= 0.6 is 7.95 Å². The first kappa shape index (κ1) is 12.2. The number of rotatable bonds is 8. The first-order chi connectivity index (χ1) is 5.77. The van der Waals surface area contributed by atoms with E-state index < -0.39 is 7.95 Å². The van der Waals surface area contributed by atoms with Gasteiger partial charge in [0.05, 0.1) is 0 Å². The van der Waals surface area contributed by atoms with Gasteiger partial charge in [0.15, 0.2) is 0 Å². The molecule has 2 nitrogen and oxygen atoms in total. The smallest absolute Gasteiger partial charge is 0.133 e. The maximum absolute atomic E-state index is 10.5. The van der Waals surface area contributed by atoms with E-state index in [9.17, 15) is 4.57 Å². The molecule has 1 atom stereocenters. The summed E-state index contributed by atoms with van der Waals surface area (Å²) in [6.45, 7) is 2.22. The Kier molecular flexibility index (Phi) is 9.43. The molecule has 0 aromatic rings. The SMILES string of the molecule is CCCCCCCCC[PH](N)=O. The van der Waals surface area contributed by atoms with Crippen LogP contribution in [0, 0.1) is 0 Å². The lowest BCUT2D eigenvalue weighted by Gasteiger charge is -1.99. The van der Waals surface area contributed by atoms with Crippen LogP contribution in [0.2, 0.25) is 0 Å². The molecule has 0 aromatic heterocycles. The average Bonchev–Trinajstić information content (AvgIpc) is 2.02. The van der Waals surface area contributed by atoms with E-state index in [0.29, 0.717) is 0 Å². The van der Waals surface area contributed by atoms with E-state index in [2.05, 4.69) is 6.92 Å². The Morgan fingerprint density at radius 3 is 2.00 bits per heavy atom. The molecule has 0 amide bonds. The fourth-order valence-electron chi connectivity index (χ4n) is 1.26. The second-order valence-electron chi connectivity index (χ2n) is 3.34. The summed E-state index contributed by atoms with van der Waals surface area (Å²) in [5.41, 5.74) is 5.20. The van der Waals surface area contributed by atoms with Gasteiger partial charge in [0.25, 0.3) is 0 Å². The standard InChI is InChI=1S/C9H22NOP/c1-2-3-4-5-6-7-8-9-12(10)11/h12H,2-9H2,1H3,(H2,10,11). The fraction of sp³-hybridized carbons (Fsp3) is 1.00. The number of hydrogen-bond donors (Lipinski definition) is 1. The van der Waals surface area contributed by atoms with Crippen LogP contribution in [0.3, 0.4) is 0 Å². The van der Waals surface area contributed by atoms with Gasteiger partial charge < -0.3 is 4.57 Å². The van der Waals surface area contributed by atoms with Crippen molar-refractivity contribution in [3.05, 3.63) is 0 Å². The summed E-state index contributed by atoms with van der Waals surface area (Å²) in [7, 11) is -1.68. The van der Waals surface area contributed by atoms with E-state index in [1.165, 1.54) is 38.5 Å². The van der Waals surface area contributed by atoms with Crippen LogP contribution in [0.15, 0.2) is 0 Å². The first-order valence-corrected chi connectivity index (χ1v) is 6.75. The Morgan fingerprint density at radius 2 is 1.50 bits per heavy atom. The summed E-state index contributed by atoms with van der Waals surface area (Å²) in [4.78, 5) is 0. The second-order valence-corrected chi connectivity index (χ2v) is 4.77. The minimum atomic E-state index is -1.68. The van der Waals surface area contributed by atoms with Crippen LogP contribution < -0.4 is 5.50 Å². The van der Waals surface area contributed by atoms with Crippen molar-refractivity contribution >= 4 is 7.95 Å². The number of unbranched alkanes of at least 4 members (excludes halogenated alkanes) is 6. The molecule has 1 unspecified atom stereocenters. The van der Waals surface area contributed by atoms with Crippen molar-refractivity contribution < 1.29 is 4.57 Å². The first-order valence-electron chi connectivity index (χ1n) is 5.05. The molecule has 0 spiro atoms. The largest absolute Gasteiger partial charge is 0.310 e. The maximum atomic E-state index is 10.5. The third kappa shape index (κ3) is 10.2. The van der Waals surface area contributed by atoms with Crippen LogP contribution in [0.1, 0.15) is 51.9 Å². The predicted octanol–water partition coefficient (Wildman–Crippen LogP) is 3.17. The van der Waals surface area contributed by atoms with E-state index in [-0.39, 0.29) is 0 Å². The molecule has 0 fully saturated rings. The van der Waals surface area contributed by atoms with E-state index in [0.717, 1.165) is 12.6 Å². The highest BCUT2D eigenvalue weighted by molar-refractivity contribution is 7.41. The quantitative estimate of drug-likeness (QED) is 0.473. The molecule has 0 saturated heterocycles. The zero-order chi connectivity index (χ0) is 9.23. The van der Waals surface area contributed by atoms with E-state index >= 15 is 0 Å². The van der Waals surface area contributed by atoms with Crippen molar-refractivity contribution in [1.29, 1.82) is 0 Å². The van der Waals surface area contributed by atoms with Crippen LogP contribution in [0.4, 0.5) is 0 Å². The Bertz CT molecular complexity index is 117. The molecular weight excluding hydrogens is 169 g/mol. The lowest BCUT2D eigenvalue weighted by atomic mass is 10.1. The van der Waals surface area contributed by atoms with Gasteiger partial charge in [-0.05, 0) is 6.42 Å². The van der Waals surface area contributed by atoms with E-state index in [4.69, 9.17) is 5.50 Å². The Hall–Kier alpha value is 0.190. The minimum Gasteiger partial charge on any atom is -0.310 e. The summed E-state index contributed by atoms with van der Waals surface area (Å²) in [6.07, 6.45) is 9.64. The second kappa shape index (κ2) is 9.28. The van der Waals surface area contributed by atoms with Gasteiger partial charge in [-0.15, -0.1) is 0 Å². The van der Waals surface area contributed by atoms with Gasteiger partial charge in [0, 0.05) is 6.16 Å². The molecule has 74 valence electrons. The lowest BCUT2D eigenvalue weighted by Crippen LogP contribution is -1.86. The van der Waals surface area contributed by atoms with Gasteiger partial charge in [-0.2, -0.15) is 0 Å². The predicted molar refractivity (Wildman–Crippen MR) is 56.0 cm³/mol. The van der Waals surface area contributed by atoms with E-state index in [1.807, 2.05) is 0 Å². The molecule has 3 heteroatoms. The third-order valence-corrected chi connectivity index (χ3v) is 2.87. The molecule has 0 radical (unpaired) electrons. The van der Waals surface area contributed by atoms with Gasteiger partial charge in [-0.3, -0.25) is 5.50 Å². The maximum Gasteiger partial charge on any atom is 0.133 e. The monoisotopic (exact) mass is 191 g/mol. The highest BCUT2D eigenvalue weighted by Crippen LogP contribution is 2.13.